The third-order valence-electron chi connectivity index (χ3n) is 2.51. The van der Waals surface area contributed by atoms with Crippen molar-refractivity contribution in [3.8, 4) is 0 Å². The Morgan fingerprint density at radius 2 is 1.72 bits per heavy atom. The van der Waals surface area contributed by atoms with Crippen LogP contribution in [0.5, 0.6) is 0 Å². The number of hydrogen-bond donors (Lipinski definition) is 2. The van der Waals surface area contributed by atoms with E-state index in [1.165, 1.54) is 0 Å². The van der Waals surface area contributed by atoms with Crippen LogP contribution in [0.2, 0.25) is 0 Å². The van der Waals surface area contributed by atoms with Gasteiger partial charge in [0.25, 0.3) is 0 Å². The fourth-order valence-electron chi connectivity index (χ4n) is 1.51. The van der Waals surface area contributed by atoms with Gasteiger partial charge in [-0.2, -0.15) is 0 Å². The van der Waals surface area contributed by atoms with Crippen LogP contribution in [0.4, 0.5) is 11.4 Å². The highest BCUT2D eigenvalue weighted by Gasteiger charge is 2.07. The third-order valence-corrected chi connectivity index (χ3v) is 2.51. The summed E-state index contributed by atoms with van der Waals surface area (Å²) in [5.74, 6) is 0.0213. The summed E-state index contributed by atoms with van der Waals surface area (Å²) in [6, 6.07) is 7.93. The van der Waals surface area contributed by atoms with E-state index in [4.69, 9.17) is 4.74 Å². The molecule has 0 aliphatic carbocycles. The van der Waals surface area contributed by atoms with Gasteiger partial charge in [-0.15, -0.1) is 0 Å². The van der Waals surface area contributed by atoms with Crippen molar-refractivity contribution in [3.63, 3.8) is 0 Å². The lowest BCUT2D eigenvalue weighted by Gasteiger charge is -2.14. The second-order valence-electron chi connectivity index (χ2n) is 4.72. The Kier molecular flexibility index (Phi) is 5.65. The third kappa shape index (κ3) is 4.75. The summed E-state index contributed by atoms with van der Waals surface area (Å²) in [5, 5.41) is 6.16. The van der Waals surface area contributed by atoms with Crippen LogP contribution in [-0.4, -0.2) is 25.7 Å². The van der Waals surface area contributed by atoms with E-state index in [0.717, 1.165) is 11.4 Å². The largest absolute Gasteiger partial charge is 0.383 e. The van der Waals surface area contributed by atoms with Crippen molar-refractivity contribution in [1.82, 2.24) is 0 Å². The molecule has 4 heteroatoms. The van der Waals surface area contributed by atoms with Gasteiger partial charge in [-0.3, -0.25) is 4.79 Å². The van der Waals surface area contributed by atoms with E-state index >= 15 is 0 Å². The first-order valence-corrected chi connectivity index (χ1v) is 6.19. The van der Waals surface area contributed by atoms with E-state index in [0.29, 0.717) is 6.61 Å². The number of ether oxygens (including phenoxy) is 1. The average Bonchev–Trinajstić information content (AvgIpc) is 2.31. The number of amides is 1. The lowest BCUT2D eigenvalue weighted by molar-refractivity contribution is -0.118. The van der Waals surface area contributed by atoms with Crippen molar-refractivity contribution in [2.75, 3.05) is 24.4 Å². The second-order valence-corrected chi connectivity index (χ2v) is 4.72. The van der Waals surface area contributed by atoms with Crippen LogP contribution in [0.15, 0.2) is 24.3 Å². The number of nitrogens with one attached hydrogen (secondary N) is 2. The molecule has 1 amide bonds. The van der Waals surface area contributed by atoms with Gasteiger partial charge in [0.2, 0.25) is 5.91 Å². The first-order chi connectivity index (χ1) is 8.52. The summed E-state index contributed by atoms with van der Waals surface area (Å²) in [6.07, 6.45) is 0. The number of carbonyl (C=O) groups is 1. The Morgan fingerprint density at radius 3 is 2.22 bits per heavy atom. The van der Waals surface area contributed by atoms with E-state index in [1.807, 2.05) is 38.1 Å². The highest BCUT2D eigenvalue weighted by molar-refractivity contribution is 5.92. The van der Waals surface area contributed by atoms with E-state index in [9.17, 15) is 4.79 Å². The minimum atomic E-state index is -0.00970. The molecule has 0 heterocycles. The van der Waals surface area contributed by atoms with Gasteiger partial charge in [-0.1, -0.05) is 13.8 Å². The normalized spacial score (nSPS) is 12.3. The van der Waals surface area contributed by atoms with Crippen LogP contribution >= 0.6 is 0 Å². The predicted octanol–water partition coefficient (Wildman–Crippen LogP) is 2.73. The Bertz CT molecular complexity index is 374. The molecule has 0 fully saturated rings. The van der Waals surface area contributed by atoms with Crippen molar-refractivity contribution >= 4 is 17.3 Å². The topological polar surface area (TPSA) is 50.4 Å². The van der Waals surface area contributed by atoms with Crippen LogP contribution in [0, 0.1) is 5.92 Å². The molecule has 0 aliphatic rings. The number of anilines is 2. The van der Waals surface area contributed by atoms with E-state index in [-0.39, 0.29) is 17.9 Å². The number of benzene rings is 1. The number of methoxy groups -OCH3 is 1. The summed E-state index contributed by atoms with van der Waals surface area (Å²) in [4.78, 5) is 11.5. The molecule has 0 saturated carbocycles. The predicted molar refractivity (Wildman–Crippen MR) is 74.9 cm³/mol. The summed E-state index contributed by atoms with van der Waals surface area (Å²) in [7, 11) is 1.68. The molecule has 4 nitrogen and oxygen atoms in total. The Hall–Kier alpha value is -1.55. The molecule has 1 aromatic rings. The van der Waals surface area contributed by atoms with Crippen LogP contribution < -0.4 is 10.6 Å². The molecule has 0 radical (unpaired) electrons. The summed E-state index contributed by atoms with van der Waals surface area (Å²) < 4.78 is 5.06. The first-order valence-electron chi connectivity index (χ1n) is 6.19. The quantitative estimate of drug-likeness (QED) is 0.816. The minimum Gasteiger partial charge on any atom is -0.383 e. The molecule has 0 saturated heterocycles. The average molecular weight is 250 g/mol. The maximum absolute atomic E-state index is 11.5. The van der Waals surface area contributed by atoms with Gasteiger partial charge in [0.1, 0.15) is 0 Å². The van der Waals surface area contributed by atoms with Gasteiger partial charge in [0.05, 0.1) is 6.61 Å². The molecular formula is C14H22N2O2. The second kappa shape index (κ2) is 7.01. The zero-order valence-electron chi connectivity index (χ0n) is 11.5. The van der Waals surface area contributed by atoms with Crippen molar-refractivity contribution in [2.45, 2.75) is 26.8 Å². The first kappa shape index (κ1) is 14.5. The smallest absolute Gasteiger partial charge is 0.226 e. The number of hydrogen-bond acceptors (Lipinski definition) is 3. The van der Waals surface area contributed by atoms with Crippen molar-refractivity contribution in [2.24, 2.45) is 5.92 Å². The van der Waals surface area contributed by atoms with Crippen LogP contribution in [0.1, 0.15) is 20.8 Å². The molecule has 1 unspecified atom stereocenters. The monoisotopic (exact) mass is 250 g/mol. The molecular weight excluding hydrogens is 228 g/mol. The highest BCUT2D eigenvalue weighted by Crippen LogP contribution is 2.15. The fraction of sp³-hybridized carbons (Fsp3) is 0.500. The van der Waals surface area contributed by atoms with Crippen molar-refractivity contribution in [3.05, 3.63) is 24.3 Å². The molecule has 0 aliphatic heterocycles. The van der Waals surface area contributed by atoms with E-state index in [2.05, 4.69) is 17.6 Å². The van der Waals surface area contributed by atoms with Gasteiger partial charge in [-0.05, 0) is 31.2 Å². The fourth-order valence-corrected chi connectivity index (χ4v) is 1.51. The van der Waals surface area contributed by atoms with Crippen LogP contribution in [-0.2, 0) is 9.53 Å². The van der Waals surface area contributed by atoms with Gasteiger partial charge in [0.15, 0.2) is 0 Å². The molecule has 1 aromatic carbocycles. The lowest BCUT2D eigenvalue weighted by atomic mass is 10.2. The maximum atomic E-state index is 11.5. The van der Waals surface area contributed by atoms with Gasteiger partial charge in [0, 0.05) is 30.4 Å². The number of carbonyl (C=O) groups excluding carboxylic acids is 1. The molecule has 1 atom stereocenters. The molecule has 2 N–H and O–H groups in total. The standard InChI is InChI=1S/C14H22N2O2/c1-10(2)14(17)16-13-7-5-12(6-8-13)15-11(3)9-18-4/h5-8,10-11,15H,9H2,1-4H3,(H,16,17). The van der Waals surface area contributed by atoms with E-state index in [1.54, 1.807) is 7.11 Å². The molecule has 0 aromatic heterocycles. The Morgan fingerprint density at radius 1 is 1.17 bits per heavy atom. The van der Waals surface area contributed by atoms with Gasteiger partial charge in [-0.25, -0.2) is 0 Å². The van der Waals surface area contributed by atoms with Gasteiger partial charge < -0.3 is 15.4 Å². The zero-order valence-corrected chi connectivity index (χ0v) is 11.5. The maximum Gasteiger partial charge on any atom is 0.226 e. The zero-order chi connectivity index (χ0) is 13.5. The highest BCUT2D eigenvalue weighted by atomic mass is 16.5. The van der Waals surface area contributed by atoms with Crippen LogP contribution in [0.3, 0.4) is 0 Å². The van der Waals surface area contributed by atoms with Gasteiger partial charge >= 0.3 is 0 Å². The summed E-state index contributed by atoms with van der Waals surface area (Å²) in [5.41, 5.74) is 1.83. The Balaban J connectivity index is 2.54. The molecule has 1 rings (SSSR count). The van der Waals surface area contributed by atoms with Crippen molar-refractivity contribution < 1.29 is 9.53 Å². The van der Waals surface area contributed by atoms with Crippen LogP contribution in [0.25, 0.3) is 0 Å². The number of rotatable bonds is 6. The Labute approximate surface area is 109 Å². The molecule has 0 bridgehead atoms. The summed E-state index contributed by atoms with van der Waals surface area (Å²) in [6.45, 7) is 6.46. The minimum absolute atomic E-state index is 0.00970. The molecule has 100 valence electrons. The summed E-state index contributed by atoms with van der Waals surface area (Å²) >= 11 is 0. The van der Waals surface area contributed by atoms with Crippen molar-refractivity contribution in [1.29, 1.82) is 0 Å². The SMILES string of the molecule is COCC(C)Nc1ccc(NC(=O)C(C)C)cc1. The molecule has 18 heavy (non-hydrogen) atoms. The lowest BCUT2D eigenvalue weighted by Crippen LogP contribution is -2.21. The van der Waals surface area contributed by atoms with E-state index < -0.39 is 0 Å². The molecule has 0 spiro atoms.